The smallest absolute Gasteiger partial charge is 0.224 e. The van der Waals surface area contributed by atoms with Gasteiger partial charge in [0.15, 0.2) is 11.5 Å². The summed E-state index contributed by atoms with van der Waals surface area (Å²) in [5.41, 5.74) is 4.80. The molecular formula is C27H31ClN2O3. The maximum absolute atomic E-state index is 12.0. The zero-order chi connectivity index (χ0) is 23.8. The van der Waals surface area contributed by atoms with Crippen molar-refractivity contribution >= 4 is 28.9 Å². The molecule has 5 nitrogen and oxygen atoms in total. The fourth-order valence-electron chi connectivity index (χ4n) is 3.32. The van der Waals surface area contributed by atoms with Crippen molar-refractivity contribution in [1.82, 2.24) is 0 Å². The van der Waals surface area contributed by atoms with Crippen LogP contribution in [0.3, 0.4) is 0 Å². The van der Waals surface area contributed by atoms with Gasteiger partial charge in [0, 0.05) is 35.4 Å². The molecular weight excluding hydrogens is 436 g/mol. The maximum Gasteiger partial charge on any atom is 0.224 e. The lowest BCUT2D eigenvalue weighted by Gasteiger charge is -2.15. The Morgan fingerprint density at radius 1 is 1.00 bits per heavy atom. The van der Waals surface area contributed by atoms with Crippen molar-refractivity contribution in [2.24, 2.45) is 5.92 Å². The molecule has 33 heavy (non-hydrogen) atoms. The van der Waals surface area contributed by atoms with E-state index >= 15 is 0 Å². The number of hydrogen-bond acceptors (Lipinski definition) is 4. The Kier molecular flexibility index (Phi) is 8.61. The monoisotopic (exact) mass is 466 g/mol. The lowest BCUT2D eigenvalue weighted by Crippen LogP contribution is -2.13. The number of ether oxygens (including phenoxy) is 2. The number of halogens is 1. The Balaban J connectivity index is 1.64. The van der Waals surface area contributed by atoms with Gasteiger partial charge in [0.2, 0.25) is 5.91 Å². The van der Waals surface area contributed by atoms with E-state index in [2.05, 4.69) is 29.7 Å². The first-order valence-corrected chi connectivity index (χ1v) is 11.4. The highest BCUT2D eigenvalue weighted by Gasteiger charge is 2.12. The second-order valence-electron chi connectivity index (χ2n) is 8.45. The molecule has 0 unspecified atom stereocenters. The first kappa shape index (κ1) is 24.5. The van der Waals surface area contributed by atoms with Gasteiger partial charge in [-0.25, -0.2) is 0 Å². The Morgan fingerprint density at radius 2 is 1.73 bits per heavy atom. The van der Waals surface area contributed by atoms with Crippen LogP contribution in [-0.2, 0) is 17.9 Å². The molecule has 0 aliphatic heterocycles. The average Bonchev–Trinajstić information content (AvgIpc) is 2.77. The molecule has 3 aromatic rings. The minimum Gasteiger partial charge on any atom is -0.493 e. The summed E-state index contributed by atoms with van der Waals surface area (Å²) in [5.74, 6) is 1.54. The van der Waals surface area contributed by atoms with Crippen molar-refractivity contribution in [3.63, 3.8) is 0 Å². The fourth-order valence-corrected chi connectivity index (χ4v) is 3.54. The number of rotatable bonds is 10. The third kappa shape index (κ3) is 7.43. The molecule has 0 aromatic heterocycles. The van der Waals surface area contributed by atoms with E-state index in [1.54, 1.807) is 13.2 Å². The molecule has 3 rings (SSSR count). The summed E-state index contributed by atoms with van der Waals surface area (Å²) in [6.07, 6.45) is 0.491. The number of hydrogen-bond donors (Lipinski definition) is 2. The zero-order valence-corrected chi connectivity index (χ0v) is 20.3. The van der Waals surface area contributed by atoms with E-state index in [0.29, 0.717) is 42.0 Å². The van der Waals surface area contributed by atoms with Gasteiger partial charge in [0.25, 0.3) is 0 Å². The number of amides is 1. The van der Waals surface area contributed by atoms with Crippen LogP contribution in [0.5, 0.6) is 11.5 Å². The third-order valence-corrected chi connectivity index (χ3v) is 5.42. The molecule has 2 N–H and O–H groups in total. The topological polar surface area (TPSA) is 59.6 Å². The summed E-state index contributed by atoms with van der Waals surface area (Å²) in [5, 5.41) is 6.88. The fraction of sp³-hybridized carbons (Fsp3) is 0.296. The summed E-state index contributed by atoms with van der Waals surface area (Å²) in [6, 6.07) is 19.5. The molecule has 0 fully saturated rings. The maximum atomic E-state index is 12.0. The summed E-state index contributed by atoms with van der Waals surface area (Å²) in [7, 11) is 1.61. The number of carbonyl (C=O) groups excluding carboxylic acids is 1. The molecule has 1 amide bonds. The predicted molar refractivity (Wildman–Crippen MR) is 135 cm³/mol. The molecule has 0 spiro atoms. The van der Waals surface area contributed by atoms with Crippen LogP contribution in [0.4, 0.5) is 11.4 Å². The Labute approximate surface area is 201 Å². The van der Waals surface area contributed by atoms with E-state index in [1.807, 2.05) is 56.3 Å². The van der Waals surface area contributed by atoms with E-state index in [1.165, 1.54) is 5.56 Å². The van der Waals surface area contributed by atoms with Crippen LogP contribution in [0.1, 0.15) is 37.0 Å². The van der Waals surface area contributed by atoms with Crippen molar-refractivity contribution < 1.29 is 14.3 Å². The number of benzene rings is 3. The van der Waals surface area contributed by atoms with Crippen molar-refractivity contribution in [1.29, 1.82) is 0 Å². The minimum absolute atomic E-state index is 0.0103. The third-order valence-electron chi connectivity index (χ3n) is 5.07. The first-order valence-electron chi connectivity index (χ1n) is 11.0. The van der Waals surface area contributed by atoms with Gasteiger partial charge in [-0.05, 0) is 48.2 Å². The molecule has 0 atom stereocenters. The zero-order valence-electron chi connectivity index (χ0n) is 19.6. The molecule has 0 saturated carbocycles. The van der Waals surface area contributed by atoms with Gasteiger partial charge in [-0.15, -0.1) is 0 Å². The van der Waals surface area contributed by atoms with E-state index in [9.17, 15) is 4.79 Å². The molecule has 0 aliphatic rings. The largest absolute Gasteiger partial charge is 0.493 e. The van der Waals surface area contributed by atoms with Gasteiger partial charge in [0.1, 0.15) is 6.61 Å². The highest BCUT2D eigenvalue weighted by Crippen LogP contribution is 2.34. The SMILES string of the molecule is COc1cc(CNc2cccc(NC(=O)CC(C)C)c2)c(Cl)cc1OCc1ccc(C)cc1. The van der Waals surface area contributed by atoms with Crippen LogP contribution in [0.2, 0.25) is 5.02 Å². The van der Waals surface area contributed by atoms with Crippen LogP contribution in [0.15, 0.2) is 60.7 Å². The van der Waals surface area contributed by atoms with Crippen molar-refractivity contribution in [3.8, 4) is 11.5 Å². The lowest BCUT2D eigenvalue weighted by molar-refractivity contribution is -0.116. The summed E-state index contributed by atoms with van der Waals surface area (Å²) in [4.78, 5) is 12.0. The number of aryl methyl sites for hydroxylation is 1. The second-order valence-corrected chi connectivity index (χ2v) is 8.86. The van der Waals surface area contributed by atoms with E-state index in [4.69, 9.17) is 21.1 Å². The molecule has 0 radical (unpaired) electrons. The molecule has 0 heterocycles. The van der Waals surface area contributed by atoms with Gasteiger partial charge in [0.05, 0.1) is 7.11 Å². The number of methoxy groups -OCH3 is 1. The van der Waals surface area contributed by atoms with Gasteiger partial charge in [-0.1, -0.05) is 61.3 Å². The molecule has 0 bridgehead atoms. The molecule has 6 heteroatoms. The summed E-state index contributed by atoms with van der Waals surface area (Å²) in [6.45, 7) is 7.03. The van der Waals surface area contributed by atoms with Crippen LogP contribution < -0.4 is 20.1 Å². The number of carbonyl (C=O) groups is 1. The number of nitrogens with one attached hydrogen (secondary N) is 2. The van der Waals surface area contributed by atoms with E-state index in [-0.39, 0.29) is 5.91 Å². The quantitative estimate of drug-likeness (QED) is 0.343. The average molecular weight is 467 g/mol. The lowest BCUT2D eigenvalue weighted by atomic mass is 10.1. The molecule has 174 valence electrons. The van der Waals surface area contributed by atoms with E-state index in [0.717, 1.165) is 22.5 Å². The van der Waals surface area contributed by atoms with Gasteiger partial charge in [-0.3, -0.25) is 4.79 Å². The van der Waals surface area contributed by atoms with Gasteiger partial charge < -0.3 is 20.1 Å². The minimum atomic E-state index is 0.0103. The molecule has 0 saturated heterocycles. The van der Waals surface area contributed by atoms with Crippen LogP contribution >= 0.6 is 11.6 Å². The van der Waals surface area contributed by atoms with Crippen LogP contribution in [0.25, 0.3) is 0 Å². The molecule has 3 aromatic carbocycles. The Hall–Kier alpha value is -3.18. The second kappa shape index (κ2) is 11.6. The van der Waals surface area contributed by atoms with Crippen LogP contribution in [0, 0.1) is 12.8 Å². The summed E-state index contributed by atoms with van der Waals surface area (Å²) < 4.78 is 11.5. The highest BCUT2D eigenvalue weighted by molar-refractivity contribution is 6.31. The van der Waals surface area contributed by atoms with Crippen molar-refractivity contribution in [2.75, 3.05) is 17.7 Å². The van der Waals surface area contributed by atoms with Crippen molar-refractivity contribution in [3.05, 3.63) is 82.4 Å². The van der Waals surface area contributed by atoms with Gasteiger partial charge in [-0.2, -0.15) is 0 Å². The van der Waals surface area contributed by atoms with E-state index < -0.39 is 0 Å². The first-order chi connectivity index (χ1) is 15.8. The standard InChI is InChI=1S/C27H31ClN2O3/c1-18(2)12-27(31)30-23-7-5-6-22(14-23)29-16-21-13-25(32-4)26(15-24(21)28)33-17-20-10-8-19(3)9-11-20/h5-11,13-15,18,29H,12,16-17H2,1-4H3,(H,30,31). The predicted octanol–water partition coefficient (Wildman–Crippen LogP) is 6.83. The Bertz CT molecular complexity index is 1080. The number of anilines is 2. The highest BCUT2D eigenvalue weighted by atomic mass is 35.5. The summed E-state index contributed by atoms with van der Waals surface area (Å²) >= 11 is 6.54. The van der Waals surface area contributed by atoms with Gasteiger partial charge >= 0.3 is 0 Å². The van der Waals surface area contributed by atoms with Crippen molar-refractivity contribution in [2.45, 2.75) is 40.3 Å². The molecule has 0 aliphatic carbocycles. The van der Waals surface area contributed by atoms with Crippen LogP contribution in [-0.4, -0.2) is 13.0 Å². The normalized spacial score (nSPS) is 10.7. The Morgan fingerprint density at radius 3 is 2.42 bits per heavy atom.